The number of hydrogen-bond acceptors (Lipinski definition) is 3. The molecule has 76 valence electrons. The standard InChI is InChI=1S/C9H4ClFN2O2/c10-6-4-7(11)8-5(2-1-3-12-8)9(6)13(14)15/h1-4H. The Bertz CT molecular complexity index is 559. The van der Waals surface area contributed by atoms with Crippen LogP contribution in [0.25, 0.3) is 10.9 Å². The Balaban J connectivity index is 2.96. The summed E-state index contributed by atoms with van der Waals surface area (Å²) < 4.78 is 13.3. The number of benzene rings is 1. The van der Waals surface area contributed by atoms with Crippen LogP contribution in [0, 0.1) is 15.9 Å². The monoisotopic (exact) mass is 226 g/mol. The molecule has 1 aromatic carbocycles. The van der Waals surface area contributed by atoms with Gasteiger partial charge in [-0.3, -0.25) is 15.1 Å². The van der Waals surface area contributed by atoms with E-state index < -0.39 is 10.7 Å². The SMILES string of the molecule is O=[N+]([O-])c1c(Cl)cc(F)c2ncccc12. The van der Waals surface area contributed by atoms with Gasteiger partial charge in [0.15, 0.2) is 5.82 Å². The van der Waals surface area contributed by atoms with E-state index in [1.807, 2.05) is 0 Å². The van der Waals surface area contributed by atoms with Gasteiger partial charge in [-0.15, -0.1) is 0 Å². The number of nitro groups is 1. The van der Waals surface area contributed by atoms with Crippen molar-refractivity contribution in [3.05, 3.63) is 45.4 Å². The molecule has 0 bridgehead atoms. The molecule has 0 radical (unpaired) electrons. The van der Waals surface area contributed by atoms with Gasteiger partial charge in [0.05, 0.1) is 10.3 Å². The van der Waals surface area contributed by atoms with E-state index >= 15 is 0 Å². The molecule has 0 saturated carbocycles. The number of aromatic nitrogens is 1. The van der Waals surface area contributed by atoms with Crippen molar-refractivity contribution in [2.75, 3.05) is 0 Å². The molecule has 0 saturated heterocycles. The summed E-state index contributed by atoms with van der Waals surface area (Å²) in [5.41, 5.74) is -0.366. The van der Waals surface area contributed by atoms with Crippen molar-refractivity contribution >= 4 is 28.2 Å². The van der Waals surface area contributed by atoms with Crippen LogP contribution in [-0.4, -0.2) is 9.91 Å². The van der Waals surface area contributed by atoms with Gasteiger partial charge in [-0.25, -0.2) is 4.39 Å². The molecule has 0 fully saturated rings. The van der Waals surface area contributed by atoms with E-state index in [4.69, 9.17) is 11.6 Å². The first-order valence-corrected chi connectivity index (χ1v) is 4.36. The van der Waals surface area contributed by atoms with E-state index in [1.165, 1.54) is 18.3 Å². The lowest BCUT2D eigenvalue weighted by molar-refractivity contribution is -0.382. The Kier molecular flexibility index (Phi) is 2.24. The topological polar surface area (TPSA) is 56.0 Å². The molecule has 0 spiro atoms. The molecule has 15 heavy (non-hydrogen) atoms. The van der Waals surface area contributed by atoms with Gasteiger partial charge in [-0.1, -0.05) is 11.6 Å². The summed E-state index contributed by atoms with van der Waals surface area (Å²) >= 11 is 5.59. The van der Waals surface area contributed by atoms with Crippen LogP contribution in [0.2, 0.25) is 5.02 Å². The lowest BCUT2D eigenvalue weighted by atomic mass is 10.2. The molecule has 0 aliphatic heterocycles. The highest BCUT2D eigenvalue weighted by atomic mass is 35.5. The third-order valence-electron chi connectivity index (χ3n) is 1.95. The van der Waals surface area contributed by atoms with Crippen LogP contribution in [0.1, 0.15) is 0 Å². The normalized spacial score (nSPS) is 10.5. The molecular formula is C9H4ClFN2O2. The van der Waals surface area contributed by atoms with Crippen molar-refractivity contribution in [1.82, 2.24) is 4.98 Å². The molecule has 6 heteroatoms. The molecule has 0 aliphatic rings. The van der Waals surface area contributed by atoms with Gasteiger partial charge in [0.2, 0.25) is 0 Å². The smallest absolute Gasteiger partial charge is 0.258 e. The highest BCUT2D eigenvalue weighted by Gasteiger charge is 2.20. The Morgan fingerprint density at radius 2 is 2.27 bits per heavy atom. The number of nitro benzene ring substituents is 1. The highest BCUT2D eigenvalue weighted by Crippen LogP contribution is 2.33. The van der Waals surface area contributed by atoms with Crippen LogP contribution >= 0.6 is 11.6 Å². The Hall–Kier alpha value is -1.75. The lowest BCUT2D eigenvalue weighted by Gasteiger charge is -2.01. The minimum absolute atomic E-state index is 0.0476. The summed E-state index contributed by atoms with van der Waals surface area (Å²) in [5, 5.41) is 10.6. The molecule has 0 atom stereocenters. The minimum Gasteiger partial charge on any atom is -0.258 e. The third-order valence-corrected chi connectivity index (χ3v) is 2.24. The van der Waals surface area contributed by atoms with Crippen LogP contribution in [0.5, 0.6) is 0 Å². The molecule has 2 rings (SSSR count). The van der Waals surface area contributed by atoms with Crippen molar-refractivity contribution in [2.45, 2.75) is 0 Å². The Morgan fingerprint density at radius 1 is 1.53 bits per heavy atom. The largest absolute Gasteiger partial charge is 0.297 e. The molecule has 1 aromatic heterocycles. The van der Waals surface area contributed by atoms with Crippen molar-refractivity contribution in [1.29, 1.82) is 0 Å². The zero-order valence-corrected chi connectivity index (χ0v) is 8.03. The van der Waals surface area contributed by atoms with Crippen LogP contribution in [0.3, 0.4) is 0 Å². The van der Waals surface area contributed by atoms with Crippen molar-refractivity contribution < 1.29 is 9.31 Å². The van der Waals surface area contributed by atoms with E-state index in [1.54, 1.807) is 0 Å². The van der Waals surface area contributed by atoms with Crippen LogP contribution in [-0.2, 0) is 0 Å². The maximum Gasteiger partial charge on any atom is 0.297 e. The van der Waals surface area contributed by atoms with Gasteiger partial charge in [-0.05, 0) is 12.1 Å². The lowest BCUT2D eigenvalue weighted by Crippen LogP contribution is -1.94. The van der Waals surface area contributed by atoms with E-state index in [-0.39, 0.29) is 21.6 Å². The molecule has 0 amide bonds. The van der Waals surface area contributed by atoms with Crippen LogP contribution < -0.4 is 0 Å². The van der Waals surface area contributed by atoms with E-state index in [0.717, 1.165) is 6.07 Å². The third kappa shape index (κ3) is 1.50. The quantitative estimate of drug-likeness (QED) is 0.555. The molecular weight excluding hydrogens is 223 g/mol. The summed E-state index contributed by atoms with van der Waals surface area (Å²) in [5.74, 6) is -0.666. The van der Waals surface area contributed by atoms with Crippen LogP contribution in [0.15, 0.2) is 24.4 Å². The Labute approximate surface area is 88.5 Å². The van der Waals surface area contributed by atoms with Gasteiger partial charge < -0.3 is 0 Å². The number of pyridine rings is 1. The molecule has 0 unspecified atom stereocenters. The predicted molar refractivity (Wildman–Crippen MR) is 53.4 cm³/mol. The van der Waals surface area contributed by atoms with Crippen molar-refractivity contribution in [3.63, 3.8) is 0 Å². The van der Waals surface area contributed by atoms with E-state index in [9.17, 15) is 14.5 Å². The first-order valence-electron chi connectivity index (χ1n) is 3.98. The summed E-state index contributed by atoms with van der Waals surface area (Å²) in [4.78, 5) is 13.8. The number of nitrogens with zero attached hydrogens (tertiary/aromatic N) is 2. The van der Waals surface area contributed by atoms with E-state index in [0.29, 0.717) is 0 Å². The summed E-state index contributed by atoms with van der Waals surface area (Å²) in [6.07, 6.45) is 1.36. The number of rotatable bonds is 1. The molecule has 1 heterocycles. The van der Waals surface area contributed by atoms with Gasteiger partial charge in [0.25, 0.3) is 5.69 Å². The molecule has 2 aromatic rings. The predicted octanol–water partition coefficient (Wildman–Crippen LogP) is 2.94. The maximum atomic E-state index is 13.3. The minimum atomic E-state index is -0.666. The first-order chi connectivity index (χ1) is 7.11. The zero-order valence-electron chi connectivity index (χ0n) is 7.28. The van der Waals surface area contributed by atoms with Crippen molar-refractivity contribution in [2.24, 2.45) is 0 Å². The first kappa shape index (κ1) is 9.79. The Morgan fingerprint density at radius 3 is 2.93 bits per heavy atom. The number of hydrogen-bond donors (Lipinski definition) is 0. The fourth-order valence-corrected chi connectivity index (χ4v) is 1.62. The molecule has 4 nitrogen and oxygen atoms in total. The fraction of sp³-hybridized carbons (Fsp3) is 0. The summed E-state index contributed by atoms with van der Waals surface area (Å²) in [6, 6.07) is 3.80. The fourth-order valence-electron chi connectivity index (χ4n) is 1.35. The summed E-state index contributed by atoms with van der Waals surface area (Å²) in [7, 11) is 0. The number of fused-ring (bicyclic) bond motifs is 1. The average Bonchev–Trinajstić information content (AvgIpc) is 2.17. The zero-order chi connectivity index (χ0) is 11.0. The second-order valence-electron chi connectivity index (χ2n) is 2.85. The maximum absolute atomic E-state index is 13.3. The number of halogens is 2. The average molecular weight is 227 g/mol. The second kappa shape index (κ2) is 3.43. The van der Waals surface area contributed by atoms with Gasteiger partial charge in [0.1, 0.15) is 10.5 Å². The second-order valence-corrected chi connectivity index (χ2v) is 3.25. The van der Waals surface area contributed by atoms with E-state index in [2.05, 4.69) is 4.98 Å². The van der Waals surface area contributed by atoms with Gasteiger partial charge >= 0.3 is 0 Å². The molecule has 0 aliphatic carbocycles. The summed E-state index contributed by atoms with van der Waals surface area (Å²) in [6.45, 7) is 0. The molecule has 0 N–H and O–H groups in total. The van der Waals surface area contributed by atoms with Crippen molar-refractivity contribution in [3.8, 4) is 0 Å². The van der Waals surface area contributed by atoms with Crippen LogP contribution in [0.4, 0.5) is 10.1 Å². The highest BCUT2D eigenvalue weighted by molar-refractivity contribution is 6.34. The van der Waals surface area contributed by atoms with Gasteiger partial charge in [0, 0.05) is 12.3 Å². The van der Waals surface area contributed by atoms with Gasteiger partial charge in [-0.2, -0.15) is 0 Å².